The van der Waals surface area contributed by atoms with Gasteiger partial charge in [-0.05, 0) is 39.0 Å². The van der Waals surface area contributed by atoms with Gasteiger partial charge in [0, 0.05) is 12.3 Å². The maximum absolute atomic E-state index is 12.9. The molecule has 0 saturated carbocycles. The Hall–Kier alpha value is -1.75. The first-order valence-corrected chi connectivity index (χ1v) is 9.39. The quantitative estimate of drug-likeness (QED) is 0.481. The molecule has 1 rings (SSSR count). The van der Waals surface area contributed by atoms with Crippen molar-refractivity contribution in [3.05, 3.63) is 23.0 Å². The molecule has 26 heavy (non-hydrogen) atoms. The highest BCUT2D eigenvalue weighted by atomic mass is 16.3. The van der Waals surface area contributed by atoms with Crippen LogP contribution < -0.4 is 0 Å². The number of Topliss-reactive ketones (excluding diaryl/α,β-unsaturated/α-hetero) is 3. The van der Waals surface area contributed by atoms with E-state index >= 15 is 0 Å². The van der Waals surface area contributed by atoms with Gasteiger partial charge in [0.25, 0.3) is 0 Å². The third kappa shape index (κ3) is 4.32. The van der Waals surface area contributed by atoms with Gasteiger partial charge in [0.2, 0.25) is 0 Å². The summed E-state index contributed by atoms with van der Waals surface area (Å²) in [5.41, 5.74) is -1.78. The number of hydrogen-bond donors (Lipinski definition) is 2. The van der Waals surface area contributed by atoms with Crippen LogP contribution in [0.15, 0.2) is 23.0 Å². The number of aliphatic hydroxyl groups is 2. The fourth-order valence-corrected chi connectivity index (χ4v) is 3.07. The zero-order chi connectivity index (χ0) is 20.2. The monoisotopic (exact) mass is 364 g/mol. The molecule has 1 aliphatic carbocycles. The van der Waals surface area contributed by atoms with Crippen molar-refractivity contribution in [2.45, 2.75) is 72.8 Å². The normalized spacial score (nSPS) is 24.2. The minimum atomic E-state index is -2.31. The second kappa shape index (κ2) is 8.76. The van der Waals surface area contributed by atoms with E-state index in [0.717, 1.165) is 5.57 Å². The molecule has 0 fully saturated rings. The lowest BCUT2D eigenvalue weighted by molar-refractivity contribution is -0.145. The first kappa shape index (κ1) is 22.3. The van der Waals surface area contributed by atoms with Crippen molar-refractivity contribution in [2.24, 2.45) is 17.8 Å². The third-order valence-electron chi connectivity index (χ3n) is 5.11. The summed E-state index contributed by atoms with van der Waals surface area (Å²) < 4.78 is 0. The number of aliphatic hydroxyl groups excluding tert-OH is 1. The van der Waals surface area contributed by atoms with Gasteiger partial charge < -0.3 is 10.2 Å². The van der Waals surface area contributed by atoms with E-state index in [9.17, 15) is 24.6 Å². The Bertz CT molecular complexity index is 637. The van der Waals surface area contributed by atoms with Gasteiger partial charge in [0.1, 0.15) is 11.3 Å². The number of ketones is 3. The summed E-state index contributed by atoms with van der Waals surface area (Å²) in [5, 5.41) is 21.7. The van der Waals surface area contributed by atoms with Crippen molar-refractivity contribution >= 4 is 17.3 Å². The molecule has 0 aliphatic heterocycles. The van der Waals surface area contributed by atoms with Crippen LogP contribution in [0.1, 0.15) is 67.2 Å². The molecule has 3 atom stereocenters. The molecule has 0 aromatic carbocycles. The van der Waals surface area contributed by atoms with Crippen LogP contribution in [0.4, 0.5) is 0 Å². The van der Waals surface area contributed by atoms with Crippen LogP contribution >= 0.6 is 0 Å². The molecule has 0 spiro atoms. The summed E-state index contributed by atoms with van der Waals surface area (Å²) in [6, 6.07) is 0. The number of carbonyl (C=O) groups is 3. The molecule has 0 heterocycles. The Balaban J connectivity index is 3.38. The molecule has 0 bridgehead atoms. The van der Waals surface area contributed by atoms with Crippen molar-refractivity contribution in [3.8, 4) is 0 Å². The van der Waals surface area contributed by atoms with Gasteiger partial charge in [-0.15, -0.1) is 0 Å². The fourth-order valence-electron chi connectivity index (χ4n) is 3.07. The summed E-state index contributed by atoms with van der Waals surface area (Å²) in [7, 11) is 0. The topological polar surface area (TPSA) is 91.7 Å². The van der Waals surface area contributed by atoms with Crippen LogP contribution in [-0.2, 0) is 14.4 Å². The van der Waals surface area contributed by atoms with Gasteiger partial charge in [0.15, 0.2) is 23.0 Å². The lowest BCUT2D eigenvalue weighted by Gasteiger charge is -2.28. The fraction of sp³-hybridized carbons (Fsp3) is 0.667. The lowest BCUT2D eigenvalue weighted by atomic mass is 9.80. The Morgan fingerprint density at radius 1 is 1.23 bits per heavy atom. The van der Waals surface area contributed by atoms with Crippen LogP contribution in [0.5, 0.6) is 0 Å². The second-order valence-electron chi connectivity index (χ2n) is 7.95. The molecule has 1 aliphatic rings. The predicted molar refractivity (Wildman–Crippen MR) is 101 cm³/mol. The van der Waals surface area contributed by atoms with E-state index in [0.29, 0.717) is 12.8 Å². The van der Waals surface area contributed by atoms with Crippen LogP contribution in [0, 0.1) is 17.8 Å². The van der Waals surface area contributed by atoms with E-state index in [2.05, 4.69) is 0 Å². The van der Waals surface area contributed by atoms with Crippen LogP contribution in [0.2, 0.25) is 0 Å². The smallest absolute Gasteiger partial charge is 0.191 e. The van der Waals surface area contributed by atoms with Gasteiger partial charge in [-0.2, -0.15) is 0 Å². The number of hydrogen-bond acceptors (Lipinski definition) is 5. The Morgan fingerprint density at radius 3 is 2.27 bits per heavy atom. The maximum Gasteiger partial charge on any atom is 0.191 e. The maximum atomic E-state index is 12.9. The highest BCUT2D eigenvalue weighted by molar-refractivity contribution is 6.26. The van der Waals surface area contributed by atoms with Gasteiger partial charge in [-0.25, -0.2) is 0 Å². The Morgan fingerprint density at radius 2 is 1.81 bits per heavy atom. The van der Waals surface area contributed by atoms with Gasteiger partial charge in [0.05, 0.1) is 5.92 Å². The summed E-state index contributed by atoms with van der Waals surface area (Å²) in [4.78, 5) is 38.2. The van der Waals surface area contributed by atoms with E-state index in [4.69, 9.17) is 0 Å². The van der Waals surface area contributed by atoms with Gasteiger partial charge in [-0.3, -0.25) is 14.4 Å². The Kier molecular flexibility index (Phi) is 7.51. The summed E-state index contributed by atoms with van der Waals surface area (Å²) in [6.07, 6.45) is 2.93. The molecule has 146 valence electrons. The van der Waals surface area contributed by atoms with Crippen molar-refractivity contribution in [2.75, 3.05) is 0 Å². The third-order valence-corrected chi connectivity index (χ3v) is 5.11. The van der Waals surface area contributed by atoms with Crippen molar-refractivity contribution < 1.29 is 24.6 Å². The SMILES string of the molecule is CCC(C)C(=O)C1=C(O)[C@](O)(C(=O)CCC(C)C)[C@@H](CC=C(C)C)C1=O. The molecule has 0 radical (unpaired) electrons. The highest BCUT2D eigenvalue weighted by Crippen LogP contribution is 2.42. The van der Waals surface area contributed by atoms with Crippen molar-refractivity contribution in [1.82, 2.24) is 0 Å². The van der Waals surface area contributed by atoms with E-state index in [1.54, 1.807) is 19.9 Å². The molecule has 1 unspecified atom stereocenters. The van der Waals surface area contributed by atoms with Crippen molar-refractivity contribution in [3.63, 3.8) is 0 Å². The average Bonchev–Trinajstić information content (AvgIpc) is 2.76. The van der Waals surface area contributed by atoms with E-state index < -0.39 is 46.1 Å². The molecule has 0 amide bonds. The molecular weight excluding hydrogens is 332 g/mol. The second-order valence-corrected chi connectivity index (χ2v) is 7.95. The molecule has 5 nitrogen and oxygen atoms in total. The Labute approximate surface area is 156 Å². The van der Waals surface area contributed by atoms with Crippen molar-refractivity contribution in [1.29, 1.82) is 0 Å². The summed E-state index contributed by atoms with van der Waals surface area (Å²) in [6.45, 7) is 11.1. The predicted octanol–water partition coefficient (Wildman–Crippen LogP) is 3.71. The highest BCUT2D eigenvalue weighted by Gasteiger charge is 2.58. The van der Waals surface area contributed by atoms with E-state index in [-0.39, 0.29) is 18.8 Å². The first-order valence-electron chi connectivity index (χ1n) is 9.39. The van der Waals surface area contributed by atoms with Crippen LogP contribution in [0.3, 0.4) is 0 Å². The number of rotatable bonds is 9. The minimum Gasteiger partial charge on any atom is -0.508 e. The number of allylic oxidation sites excluding steroid dienone is 3. The first-order chi connectivity index (χ1) is 12.0. The molecule has 2 N–H and O–H groups in total. The minimum absolute atomic E-state index is 0.0433. The van der Waals surface area contributed by atoms with Crippen LogP contribution in [0.25, 0.3) is 0 Å². The largest absolute Gasteiger partial charge is 0.508 e. The molecule has 5 heteroatoms. The standard InChI is InChI=1S/C21H32O5/c1-7-14(6)18(23)17-19(24)15(10-8-12(2)3)21(26,20(17)25)16(22)11-9-13(4)5/h8,13-15,25-26H,7,9-11H2,1-6H3/t14?,15-,21+/m0/s1. The van der Waals surface area contributed by atoms with E-state index in [1.165, 1.54) is 0 Å². The van der Waals surface area contributed by atoms with Gasteiger partial charge >= 0.3 is 0 Å². The van der Waals surface area contributed by atoms with E-state index in [1.807, 2.05) is 27.7 Å². The zero-order valence-corrected chi connectivity index (χ0v) is 16.8. The van der Waals surface area contributed by atoms with Crippen LogP contribution in [-0.4, -0.2) is 33.2 Å². The lowest BCUT2D eigenvalue weighted by Crippen LogP contribution is -2.46. The van der Waals surface area contributed by atoms with Gasteiger partial charge in [-0.1, -0.05) is 39.3 Å². The zero-order valence-electron chi connectivity index (χ0n) is 16.8. The molecule has 0 aromatic rings. The summed E-state index contributed by atoms with van der Waals surface area (Å²) >= 11 is 0. The molecule has 0 aromatic heterocycles. The molecular formula is C21H32O5. The summed E-state index contributed by atoms with van der Waals surface area (Å²) in [5.74, 6) is -3.88. The number of carbonyl (C=O) groups excluding carboxylic acids is 3. The molecule has 0 saturated heterocycles. The average molecular weight is 364 g/mol.